The first-order valence-electron chi connectivity index (χ1n) is 11.5. The van der Waals surface area contributed by atoms with Crippen molar-refractivity contribution < 1.29 is 24.5 Å². The van der Waals surface area contributed by atoms with Crippen LogP contribution < -0.4 is 10.1 Å². The molecular formula is C27H33NO5. The number of aliphatic carboxylic acids is 1. The van der Waals surface area contributed by atoms with Crippen molar-refractivity contribution in [3.8, 4) is 5.75 Å². The Morgan fingerprint density at radius 1 is 1.15 bits per heavy atom. The fraction of sp³-hybridized carbons (Fsp3) is 0.407. The Morgan fingerprint density at radius 2 is 1.94 bits per heavy atom. The fourth-order valence-electron chi connectivity index (χ4n) is 4.04. The van der Waals surface area contributed by atoms with Crippen molar-refractivity contribution in [1.82, 2.24) is 5.32 Å². The Morgan fingerprint density at radius 3 is 2.52 bits per heavy atom. The van der Waals surface area contributed by atoms with Crippen LogP contribution in [0.2, 0.25) is 0 Å². The highest BCUT2D eigenvalue weighted by Gasteiger charge is 2.24. The van der Waals surface area contributed by atoms with Gasteiger partial charge in [0, 0.05) is 6.54 Å². The topological polar surface area (TPSA) is 95.9 Å². The number of carboxylic acid groups (broad SMARTS) is 1. The van der Waals surface area contributed by atoms with Crippen LogP contribution in [-0.2, 0) is 9.59 Å². The molecule has 3 unspecified atom stereocenters. The molecule has 6 nitrogen and oxygen atoms in total. The van der Waals surface area contributed by atoms with Gasteiger partial charge in [-0.25, -0.2) is 0 Å². The van der Waals surface area contributed by atoms with Gasteiger partial charge in [0.15, 0.2) is 0 Å². The van der Waals surface area contributed by atoms with Crippen LogP contribution in [0.4, 0.5) is 0 Å². The number of amides is 1. The molecule has 0 spiro atoms. The molecule has 33 heavy (non-hydrogen) atoms. The van der Waals surface area contributed by atoms with Crippen molar-refractivity contribution in [2.24, 2.45) is 11.8 Å². The Labute approximate surface area is 195 Å². The van der Waals surface area contributed by atoms with Crippen LogP contribution in [0.15, 0.2) is 60.2 Å². The smallest absolute Gasteiger partial charge is 0.305 e. The molecule has 0 saturated heterocycles. The lowest BCUT2D eigenvalue weighted by Crippen LogP contribution is -2.33. The zero-order valence-electron chi connectivity index (χ0n) is 19.5. The highest BCUT2D eigenvalue weighted by molar-refractivity contribution is 5.81. The van der Waals surface area contributed by atoms with Crippen molar-refractivity contribution in [3.63, 3.8) is 0 Å². The number of rotatable bonds is 9. The van der Waals surface area contributed by atoms with Gasteiger partial charge >= 0.3 is 5.97 Å². The Hall–Kier alpha value is -3.12. The van der Waals surface area contributed by atoms with E-state index in [-0.39, 0.29) is 36.8 Å². The lowest BCUT2D eigenvalue weighted by atomic mass is 9.89. The number of benzene rings is 1. The lowest BCUT2D eigenvalue weighted by molar-refractivity contribution is -0.137. The van der Waals surface area contributed by atoms with E-state index < -0.39 is 12.1 Å². The van der Waals surface area contributed by atoms with Crippen LogP contribution in [-0.4, -0.2) is 40.8 Å². The molecule has 0 heterocycles. The van der Waals surface area contributed by atoms with Gasteiger partial charge in [-0.3, -0.25) is 9.59 Å². The standard InChI is InChI=1S/C27H33NO5/c1-17(2)26(20-4-6-21(7-5-20)27(32)28-15-14-25(30)31)33-23-12-13-24(18(3)16-23)19-8-10-22(29)11-9-19/h4-6,8-10,12-13,16-17,21-22,26,29H,7,11,14-15H2,1-3H3,(H,28,32)(H,30,31). The zero-order chi connectivity index (χ0) is 24.0. The summed E-state index contributed by atoms with van der Waals surface area (Å²) in [5.41, 5.74) is 4.37. The fourth-order valence-corrected chi connectivity index (χ4v) is 4.04. The third kappa shape index (κ3) is 6.68. The molecule has 0 aromatic heterocycles. The van der Waals surface area contributed by atoms with Gasteiger partial charge in [0.25, 0.3) is 0 Å². The van der Waals surface area contributed by atoms with Gasteiger partial charge < -0.3 is 20.3 Å². The molecule has 0 saturated carbocycles. The maximum absolute atomic E-state index is 12.3. The average molecular weight is 452 g/mol. The van der Waals surface area contributed by atoms with Crippen molar-refractivity contribution in [1.29, 1.82) is 0 Å². The van der Waals surface area contributed by atoms with E-state index in [1.54, 1.807) is 0 Å². The van der Waals surface area contributed by atoms with Crippen LogP contribution in [0, 0.1) is 18.8 Å². The van der Waals surface area contributed by atoms with E-state index in [2.05, 4.69) is 38.2 Å². The highest BCUT2D eigenvalue weighted by atomic mass is 16.5. The first-order valence-corrected chi connectivity index (χ1v) is 11.5. The summed E-state index contributed by atoms with van der Waals surface area (Å²) in [5.74, 6) is -0.366. The second-order valence-corrected chi connectivity index (χ2v) is 8.92. The predicted molar refractivity (Wildman–Crippen MR) is 129 cm³/mol. The van der Waals surface area contributed by atoms with E-state index in [1.807, 2.05) is 42.5 Å². The van der Waals surface area contributed by atoms with Gasteiger partial charge in [0.1, 0.15) is 11.9 Å². The molecule has 2 aliphatic carbocycles. The van der Waals surface area contributed by atoms with Crippen molar-refractivity contribution >= 4 is 17.4 Å². The summed E-state index contributed by atoms with van der Waals surface area (Å²) in [5, 5.41) is 21.0. The Kier molecular flexibility index (Phi) is 8.28. The summed E-state index contributed by atoms with van der Waals surface area (Å²) >= 11 is 0. The minimum Gasteiger partial charge on any atom is -0.485 e. The summed E-state index contributed by atoms with van der Waals surface area (Å²) in [6.07, 6.45) is 12.2. The molecular weight excluding hydrogens is 418 g/mol. The Balaban J connectivity index is 1.65. The van der Waals surface area contributed by atoms with Gasteiger partial charge in [-0.15, -0.1) is 0 Å². The molecule has 0 fully saturated rings. The molecule has 1 amide bonds. The SMILES string of the molecule is Cc1cc(OC(C2=CCC(C(=O)NCCC(=O)O)C=C2)C(C)C)ccc1C1=CCC(O)C=C1. The molecule has 176 valence electrons. The number of hydrogen-bond donors (Lipinski definition) is 3. The summed E-state index contributed by atoms with van der Waals surface area (Å²) < 4.78 is 6.38. The van der Waals surface area contributed by atoms with Gasteiger partial charge in [0.2, 0.25) is 5.91 Å². The van der Waals surface area contributed by atoms with Gasteiger partial charge in [0.05, 0.1) is 18.4 Å². The molecule has 3 atom stereocenters. The van der Waals surface area contributed by atoms with Crippen LogP contribution >= 0.6 is 0 Å². The minimum absolute atomic E-state index is 0.0831. The molecule has 0 radical (unpaired) electrons. The predicted octanol–water partition coefficient (Wildman–Crippen LogP) is 4.20. The number of allylic oxidation sites excluding steroid dienone is 3. The second kappa shape index (κ2) is 11.1. The second-order valence-electron chi connectivity index (χ2n) is 8.92. The zero-order valence-corrected chi connectivity index (χ0v) is 19.5. The first kappa shape index (κ1) is 24.5. The van der Waals surface area contributed by atoms with E-state index in [9.17, 15) is 14.7 Å². The molecule has 2 aliphatic rings. The molecule has 1 aromatic carbocycles. The minimum atomic E-state index is -0.928. The number of carbonyl (C=O) groups excluding carboxylic acids is 1. The lowest BCUT2D eigenvalue weighted by Gasteiger charge is -2.27. The van der Waals surface area contributed by atoms with E-state index in [0.717, 1.165) is 28.0 Å². The first-order chi connectivity index (χ1) is 15.7. The van der Waals surface area contributed by atoms with Crippen LogP contribution in [0.25, 0.3) is 5.57 Å². The maximum Gasteiger partial charge on any atom is 0.305 e. The number of ether oxygens (including phenoxy) is 1. The molecule has 3 rings (SSSR count). The molecule has 6 heteroatoms. The maximum atomic E-state index is 12.3. The van der Waals surface area contributed by atoms with E-state index >= 15 is 0 Å². The van der Waals surface area contributed by atoms with Crippen LogP contribution in [0.5, 0.6) is 5.75 Å². The van der Waals surface area contributed by atoms with Gasteiger partial charge in [-0.2, -0.15) is 0 Å². The van der Waals surface area contributed by atoms with E-state index in [4.69, 9.17) is 9.84 Å². The molecule has 3 N–H and O–H groups in total. The molecule has 0 aliphatic heterocycles. The normalized spacial score (nSPS) is 20.8. The van der Waals surface area contributed by atoms with Crippen molar-refractivity contribution in [2.75, 3.05) is 6.54 Å². The van der Waals surface area contributed by atoms with Gasteiger partial charge in [-0.1, -0.05) is 56.4 Å². The monoisotopic (exact) mass is 451 g/mol. The number of aliphatic hydroxyl groups is 1. The van der Waals surface area contributed by atoms with Crippen LogP contribution in [0.3, 0.4) is 0 Å². The Bertz CT molecular complexity index is 1000. The number of aryl methyl sites for hydroxylation is 1. The van der Waals surface area contributed by atoms with Crippen molar-refractivity contribution in [2.45, 2.75) is 52.2 Å². The number of carbonyl (C=O) groups is 2. The average Bonchev–Trinajstić information content (AvgIpc) is 2.78. The van der Waals surface area contributed by atoms with Crippen LogP contribution in [0.1, 0.15) is 44.2 Å². The van der Waals surface area contributed by atoms with Crippen molar-refractivity contribution in [3.05, 3.63) is 71.4 Å². The third-order valence-electron chi connectivity index (χ3n) is 5.89. The number of aliphatic hydroxyl groups excluding tert-OH is 1. The summed E-state index contributed by atoms with van der Waals surface area (Å²) in [6.45, 7) is 6.40. The van der Waals surface area contributed by atoms with Gasteiger partial charge in [-0.05, 0) is 60.1 Å². The summed E-state index contributed by atoms with van der Waals surface area (Å²) in [4.78, 5) is 22.9. The summed E-state index contributed by atoms with van der Waals surface area (Å²) in [7, 11) is 0. The third-order valence-corrected chi connectivity index (χ3v) is 5.89. The molecule has 0 bridgehead atoms. The van der Waals surface area contributed by atoms with E-state index in [1.165, 1.54) is 0 Å². The number of hydrogen-bond acceptors (Lipinski definition) is 4. The summed E-state index contributed by atoms with van der Waals surface area (Å²) in [6, 6.07) is 6.07. The number of carboxylic acids is 1. The number of nitrogens with one attached hydrogen (secondary N) is 1. The molecule has 1 aromatic rings. The quantitative estimate of drug-likeness (QED) is 0.523. The highest BCUT2D eigenvalue weighted by Crippen LogP contribution is 2.30. The van der Waals surface area contributed by atoms with E-state index in [0.29, 0.717) is 12.8 Å². The largest absolute Gasteiger partial charge is 0.485 e.